The van der Waals surface area contributed by atoms with Crippen molar-refractivity contribution in [3.63, 3.8) is 0 Å². The molecule has 3 aromatic rings. The molecule has 5 heteroatoms. The van der Waals surface area contributed by atoms with Gasteiger partial charge in [0.15, 0.2) is 0 Å². The second-order valence-corrected chi connectivity index (χ2v) is 4.51. The third-order valence-electron chi connectivity index (χ3n) is 2.47. The summed E-state index contributed by atoms with van der Waals surface area (Å²) in [5.74, 6) is 2.02. The van der Waals surface area contributed by atoms with E-state index in [-0.39, 0.29) is 0 Å². The van der Waals surface area contributed by atoms with Gasteiger partial charge in [0, 0.05) is 6.07 Å². The van der Waals surface area contributed by atoms with Gasteiger partial charge in [0.25, 0.3) is 0 Å². The van der Waals surface area contributed by atoms with Crippen LogP contribution in [0, 0.1) is 0 Å². The SMILES string of the molecule is COc1cccc(Oc2ncnc3ccsc23)c1. The Kier molecular flexibility index (Phi) is 2.82. The zero-order valence-corrected chi connectivity index (χ0v) is 10.5. The lowest BCUT2D eigenvalue weighted by atomic mass is 10.3. The van der Waals surface area contributed by atoms with Crippen molar-refractivity contribution in [3.05, 3.63) is 42.0 Å². The normalized spacial score (nSPS) is 10.5. The van der Waals surface area contributed by atoms with Crippen LogP contribution in [0.1, 0.15) is 0 Å². The Labute approximate surface area is 108 Å². The van der Waals surface area contributed by atoms with E-state index in [1.807, 2.05) is 35.7 Å². The van der Waals surface area contributed by atoms with Crippen molar-refractivity contribution in [3.8, 4) is 17.4 Å². The Hall–Kier alpha value is -2.14. The fourth-order valence-electron chi connectivity index (χ4n) is 1.62. The lowest BCUT2D eigenvalue weighted by Crippen LogP contribution is -1.90. The second kappa shape index (κ2) is 4.62. The van der Waals surface area contributed by atoms with E-state index in [1.165, 1.54) is 6.33 Å². The monoisotopic (exact) mass is 258 g/mol. The molecule has 18 heavy (non-hydrogen) atoms. The van der Waals surface area contributed by atoms with Crippen LogP contribution in [0.2, 0.25) is 0 Å². The lowest BCUT2D eigenvalue weighted by Gasteiger charge is -2.06. The number of thiophene rings is 1. The van der Waals surface area contributed by atoms with E-state index in [1.54, 1.807) is 18.4 Å². The van der Waals surface area contributed by atoms with Gasteiger partial charge in [-0.1, -0.05) is 6.07 Å². The van der Waals surface area contributed by atoms with Gasteiger partial charge in [0.1, 0.15) is 22.5 Å². The maximum absolute atomic E-state index is 5.77. The van der Waals surface area contributed by atoms with Crippen LogP contribution in [0.25, 0.3) is 10.2 Å². The fraction of sp³-hybridized carbons (Fsp3) is 0.0769. The van der Waals surface area contributed by atoms with Crippen LogP contribution in [-0.2, 0) is 0 Å². The van der Waals surface area contributed by atoms with E-state index in [0.717, 1.165) is 16.0 Å². The van der Waals surface area contributed by atoms with Crippen molar-refractivity contribution in [1.82, 2.24) is 9.97 Å². The molecule has 0 saturated carbocycles. The molecule has 0 aliphatic rings. The van der Waals surface area contributed by atoms with Gasteiger partial charge in [0.05, 0.1) is 12.6 Å². The molecule has 90 valence electrons. The number of aromatic nitrogens is 2. The molecule has 0 bridgehead atoms. The molecule has 0 amide bonds. The number of ether oxygens (including phenoxy) is 2. The van der Waals surface area contributed by atoms with Crippen LogP contribution in [0.5, 0.6) is 17.4 Å². The summed E-state index contributed by atoms with van der Waals surface area (Å²) in [4.78, 5) is 8.34. The van der Waals surface area contributed by atoms with E-state index in [2.05, 4.69) is 9.97 Å². The predicted octanol–water partition coefficient (Wildman–Crippen LogP) is 3.49. The minimum absolute atomic E-state index is 0.572. The highest BCUT2D eigenvalue weighted by Gasteiger charge is 2.07. The zero-order valence-electron chi connectivity index (χ0n) is 9.66. The molecule has 0 spiro atoms. The van der Waals surface area contributed by atoms with Gasteiger partial charge in [-0.05, 0) is 23.6 Å². The minimum atomic E-state index is 0.572. The molecule has 2 heterocycles. The zero-order chi connectivity index (χ0) is 12.4. The number of hydrogen-bond acceptors (Lipinski definition) is 5. The Morgan fingerprint density at radius 3 is 2.89 bits per heavy atom. The van der Waals surface area contributed by atoms with Gasteiger partial charge in [-0.25, -0.2) is 9.97 Å². The molecule has 0 N–H and O–H groups in total. The standard InChI is InChI=1S/C13H10N2O2S/c1-16-9-3-2-4-10(7-9)17-13-12-11(5-6-18-12)14-8-15-13/h2-8H,1H3. The van der Waals surface area contributed by atoms with Gasteiger partial charge in [0.2, 0.25) is 5.88 Å². The molecule has 0 aliphatic carbocycles. The summed E-state index contributed by atoms with van der Waals surface area (Å²) >= 11 is 1.56. The fourth-order valence-corrected chi connectivity index (χ4v) is 2.39. The number of methoxy groups -OCH3 is 1. The van der Waals surface area contributed by atoms with Crippen molar-refractivity contribution in [2.45, 2.75) is 0 Å². The van der Waals surface area contributed by atoms with Gasteiger partial charge in [-0.15, -0.1) is 11.3 Å². The molecule has 0 unspecified atom stereocenters. The van der Waals surface area contributed by atoms with Crippen molar-refractivity contribution < 1.29 is 9.47 Å². The highest BCUT2D eigenvalue weighted by Crippen LogP contribution is 2.31. The Balaban J connectivity index is 1.98. The van der Waals surface area contributed by atoms with Crippen molar-refractivity contribution in [1.29, 1.82) is 0 Å². The topological polar surface area (TPSA) is 44.2 Å². The van der Waals surface area contributed by atoms with Gasteiger partial charge < -0.3 is 9.47 Å². The van der Waals surface area contributed by atoms with Crippen molar-refractivity contribution >= 4 is 21.6 Å². The lowest BCUT2D eigenvalue weighted by molar-refractivity contribution is 0.408. The largest absolute Gasteiger partial charge is 0.497 e. The number of benzene rings is 1. The molecule has 0 fully saturated rings. The van der Waals surface area contributed by atoms with Gasteiger partial charge in [-0.3, -0.25) is 0 Å². The Morgan fingerprint density at radius 1 is 1.11 bits per heavy atom. The summed E-state index contributed by atoms with van der Waals surface area (Å²) in [6, 6.07) is 9.38. The molecule has 0 atom stereocenters. The van der Waals surface area contributed by atoms with Gasteiger partial charge >= 0.3 is 0 Å². The van der Waals surface area contributed by atoms with Crippen LogP contribution in [0.3, 0.4) is 0 Å². The molecule has 1 aromatic carbocycles. The van der Waals surface area contributed by atoms with Crippen LogP contribution in [0.15, 0.2) is 42.0 Å². The number of rotatable bonds is 3. The van der Waals surface area contributed by atoms with Crippen LogP contribution in [0.4, 0.5) is 0 Å². The summed E-state index contributed by atoms with van der Waals surface area (Å²) in [5, 5.41) is 1.97. The average molecular weight is 258 g/mol. The first-order valence-corrected chi connectivity index (χ1v) is 6.25. The quantitative estimate of drug-likeness (QED) is 0.721. The number of fused-ring (bicyclic) bond motifs is 1. The molecule has 0 saturated heterocycles. The van der Waals surface area contributed by atoms with Crippen molar-refractivity contribution in [2.75, 3.05) is 7.11 Å². The third-order valence-corrected chi connectivity index (χ3v) is 3.36. The summed E-state index contributed by atoms with van der Waals surface area (Å²) in [6.07, 6.45) is 1.50. The highest BCUT2D eigenvalue weighted by atomic mass is 32.1. The van der Waals surface area contributed by atoms with Crippen LogP contribution in [-0.4, -0.2) is 17.1 Å². The first-order chi connectivity index (χ1) is 8.86. The summed E-state index contributed by atoms with van der Waals surface area (Å²) in [7, 11) is 1.63. The van der Waals surface area contributed by atoms with E-state index in [4.69, 9.17) is 9.47 Å². The molecular formula is C13H10N2O2S. The smallest absolute Gasteiger partial charge is 0.240 e. The molecule has 2 aromatic heterocycles. The second-order valence-electron chi connectivity index (χ2n) is 3.59. The first kappa shape index (κ1) is 11.0. The molecule has 0 radical (unpaired) electrons. The summed E-state index contributed by atoms with van der Waals surface area (Å²) in [5.41, 5.74) is 0.896. The molecular weight excluding hydrogens is 248 g/mol. The van der Waals surface area contributed by atoms with Crippen molar-refractivity contribution in [2.24, 2.45) is 0 Å². The maximum atomic E-state index is 5.77. The highest BCUT2D eigenvalue weighted by molar-refractivity contribution is 7.17. The van der Waals surface area contributed by atoms with E-state index in [9.17, 15) is 0 Å². The first-order valence-electron chi connectivity index (χ1n) is 5.37. The summed E-state index contributed by atoms with van der Waals surface area (Å²) in [6.45, 7) is 0. The third kappa shape index (κ3) is 2.00. The van der Waals surface area contributed by atoms with Gasteiger partial charge in [-0.2, -0.15) is 0 Å². The Morgan fingerprint density at radius 2 is 2.00 bits per heavy atom. The average Bonchev–Trinajstić information content (AvgIpc) is 2.88. The van der Waals surface area contributed by atoms with E-state index >= 15 is 0 Å². The molecule has 0 aliphatic heterocycles. The molecule has 4 nitrogen and oxygen atoms in total. The number of nitrogens with zero attached hydrogens (tertiary/aromatic N) is 2. The molecule has 3 rings (SSSR count). The van der Waals surface area contributed by atoms with E-state index < -0.39 is 0 Å². The van der Waals surface area contributed by atoms with Crippen LogP contribution >= 0.6 is 11.3 Å². The minimum Gasteiger partial charge on any atom is -0.497 e. The number of hydrogen-bond donors (Lipinski definition) is 0. The van der Waals surface area contributed by atoms with E-state index in [0.29, 0.717) is 11.6 Å². The van der Waals surface area contributed by atoms with Crippen LogP contribution < -0.4 is 9.47 Å². The predicted molar refractivity (Wildman–Crippen MR) is 70.5 cm³/mol. The summed E-state index contributed by atoms with van der Waals surface area (Å²) < 4.78 is 11.9. The maximum Gasteiger partial charge on any atom is 0.240 e. The Bertz CT molecular complexity index is 681.